The van der Waals surface area contributed by atoms with Gasteiger partial charge in [0.25, 0.3) is 0 Å². The smallest absolute Gasteiger partial charge is 0.323 e. The lowest BCUT2D eigenvalue weighted by Crippen LogP contribution is -2.19. The quantitative estimate of drug-likeness (QED) is 0.408. The Labute approximate surface area is 171 Å². The molecule has 3 aromatic carbocycles. The van der Waals surface area contributed by atoms with Crippen LogP contribution < -0.4 is 10.6 Å². The third-order valence-electron chi connectivity index (χ3n) is 4.14. The summed E-state index contributed by atoms with van der Waals surface area (Å²) < 4.78 is 18.8. The summed E-state index contributed by atoms with van der Waals surface area (Å²) in [5.74, 6) is -0.0593. The molecule has 0 saturated carbocycles. The number of benzene rings is 3. The minimum absolute atomic E-state index is 0.0621. The van der Waals surface area contributed by atoms with Crippen LogP contribution in [0.3, 0.4) is 0 Å². The highest BCUT2D eigenvalue weighted by Gasteiger charge is 2.09. The Hall–Kier alpha value is -3.64. The number of carbonyl (C=O) groups is 1. The second-order valence-corrected chi connectivity index (χ2v) is 6.60. The predicted molar refractivity (Wildman–Crippen MR) is 111 cm³/mol. The van der Waals surface area contributed by atoms with Crippen LogP contribution in [0.5, 0.6) is 0 Å². The van der Waals surface area contributed by atoms with E-state index in [0.717, 1.165) is 16.8 Å². The van der Waals surface area contributed by atoms with E-state index in [1.165, 1.54) is 18.2 Å². The van der Waals surface area contributed by atoms with Gasteiger partial charge in [0.05, 0.1) is 5.02 Å². The zero-order valence-electron chi connectivity index (χ0n) is 15.0. The van der Waals surface area contributed by atoms with Crippen LogP contribution in [0.2, 0.25) is 5.02 Å². The highest BCUT2D eigenvalue weighted by Crippen LogP contribution is 2.25. The minimum Gasteiger partial charge on any atom is -0.444 e. The Bertz CT molecular complexity index is 1140. The number of rotatable bonds is 4. The largest absolute Gasteiger partial charge is 0.444 e. The zero-order chi connectivity index (χ0) is 20.2. The molecule has 29 heavy (non-hydrogen) atoms. The molecular formula is C22H15ClFN3O2. The third-order valence-corrected chi connectivity index (χ3v) is 4.43. The molecule has 7 heteroatoms. The molecule has 144 valence electrons. The van der Waals surface area contributed by atoms with Crippen molar-refractivity contribution in [3.05, 3.63) is 89.9 Å². The molecule has 0 atom stereocenters. The normalized spacial score (nSPS) is 10.6. The van der Waals surface area contributed by atoms with Gasteiger partial charge in [-0.25, -0.2) is 14.2 Å². The predicted octanol–water partition coefficient (Wildman–Crippen LogP) is 6.45. The summed E-state index contributed by atoms with van der Waals surface area (Å²) in [6, 6.07) is 20.3. The molecule has 0 spiro atoms. The molecule has 0 aliphatic carbocycles. The number of anilines is 2. The highest BCUT2D eigenvalue weighted by molar-refractivity contribution is 6.31. The summed E-state index contributed by atoms with van der Waals surface area (Å²) in [5.41, 5.74) is 3.47. The van der Waals surface area contributed by atoms with Gasteiger partial charge < -0.3 is 15.1 Å². The first kappa shape index (κ1) is 18.7. The summed E-state index contributed by atoms with van der Waals surface area (Å²) in [4.78, 5) is 16.6. The molecule has 2 amide bonds. The van der Waals surface area contributed by atoms with Crippen molar-refractivity contribution in [3.63, 3.8) is 0 Å². The fourth-order valence-corrected chi connectivity index (χ4v) is 2.89. The van der Waals surface area contributed by atoms with E-state index < -0.39 is 11.8 Å². The number of nitrogens with zero attached hydrogens (tertiary/aromatic N) is 1. The average molecular weight is 408 g/mol. The lowest BCUT2D eigenvalue weighted by Gasteiger charge is -2.08. The van der Waals surface area contributed by atoms with Gasteiger partial charge in [0.15, 0.2) is 0 Å². The summed E-state index contributed by atoms with van der Waals surface area (Å²) in [6.07, 6.45) is 1.61. The number of oxazole rings is 1. The van der Waals surface area contributed by atoms with Crippen molar-refractivity contribution in [1.29, 1.82) is 0 Å². The van der Waals surface area contributed by atoms with Crippen LogP contribution in [0, 0.1) is 5.82 Å². The number of halogens is 2. The van der Waals surface area contributed by atoms with Crippen molar-refractivity contribution < 1.29 is 13.6 Å². The van der Waals surface area contributed by atoms with E-state index in [9.17, 15) is 9.18 Å². The third kappa shape index (κ3) is 4.44. The van der Waals surface area contributed by atoms with Gasteiger partial charge >= 0.3 is 6.03 Å². The summed E-state index contributed by atoms with van der Waals surface area (Å²) in [6.45, 7) is 0. The van der Waals surface area contributed by atoms with Crippen LogP contribution in [0.15, 0.2) is 83.5 Å². The Balaban J connectivity index is 1.42. The van der Waals surface area contributed by atoms with Crippen molar-refractivity contribution >= 4 is 29.0 Å². The Morgan fingerprint density at radius 3 is 2.31 bits per heavy atom. The van der Waals surface area contributed by atoms with Gasteiger partial charge in [0.1, 0.15) is 17.8 Å². The second kappa shape index (κ2) is 8.16. The molecule has 0 fully saturated rings. The van der Waals surface area contributed by atoms with Gasteiger partial charge in [-0.1, -0.05) is 41.9 Å². The maximum Gasteiger partial charge on any atom is 0.323 e. The molecule has 0 saturated heterocycles. The standard InChI is InChI=1S/C22H15ClFN3O2/c23-18-12-17(10-11-19(18)24)26-22(28)25-16-8-6-15(7-9-16)21-27-20(13-29-21)14-4-2-1-3-5-14/h1-13H,(H2,25,26,28). The first-order valence-electron chi connectivity index (χ1n) is 8.73. The van der Waals surface area contributed by atoms with E-state index in [1.807, 2.05) is 30.3 Å². The van der Waals surface area contributed by atoms with Crippen molar-refractivity contribution in [2.24, 2.45) is 0 Å². The zero-order valence-corrected chi connectivity index (χ0v) is 15.8. The summed E-state index contributed by atoms with van der Waals surface area (Å²) in [7, 11) is 0. The monoisotopic (exact) mass is 407 g/mol. The number of carbonyl (C=O) groups excluding carboxylic acids is 1. The van der Waals surface area contributed by atoms with E-state index in [1.54, 1.807) is 30.5 Å². The number of aromatic nitrogens is 1. The molecular weight excluding hydrogens is 393 g/mol. The maximum absolute atomic E-state index is 13.2. The molecule has 1 aromatic heterocycles. The summed E-state index contributed by atoms with van der Waals surface area (Å²) >= 11 is 5.71. The molecule has 4 rings (SSSR count). The van der Waals surface area contributed by atoms with Gasteiger partial charge in [0, 0.05) is 22.5 Å². The maximum atomic E-state index is 13.2. The van der Waals surface area contributed by atoms with E-state index in [0.29, 0.717) is 17.3 Å². The number of urea groups is 1. The van der Waals surface area contributed by atoms with Crippen LogP contribution in [0.1, 0.15) is 0 Å². The minimum atomic E-state index is -0.546. The van der Waals surface area contributed by atoms with Crippen LogP contribution >= 0.6 is 11.6 Å². The van der Waals surface area contributed by atoms with Gasteiger partial charge in [0.2, 0.25) is 5.89 Å². The van der Waals surface area contributed by atoms with Gasteiger partial charge in [-0.15, -0.1) is 0 Å². The van der Waals surface area contributed by atoms with Crippen LogP contribution in [0.25, 0.3) is 22.7 Å². The number of hydrogen-bond donors (Lipinski definition) is 2. The van der Waals surface area contributed by atoms with E-state index in [4.69, 9.17) is 16.0 Å². The summed E-state index contributed by atoms with van der Waals surface area (Å²) in [5, 5.41) is 5.23. The highest BCUT2D eigenvalue weighted by atomic mass is 35.5. The van der Waals surface area contributed by atoms with Crippen molar-refractivity contribution in [2.45, 2.75) is 0 Å². The van der Waals surface area contributed by atoms with Crippen LogP contribution in [-0.4, -0.2) is 11.0 Å². The van der Waals surface area contributed by atoms with E-state index in [-0.39, 0.29) is 5.02 Å². The Morgan fingerprint density at radius 2 is 1.59 bits per heavy atom. The molecule has 4 aromatic rings. The molecule has 1 heterocycles. The van der Waals surface area contributed by atoms with Crippen molar-refractivity contribution in [2.75, 3.05) is 10.6 Å². The second-order valence-electron chi connectivity index (χ2n) is 6.19. The molecule has 2 N–H and O–H groups in total. The Kier molecular flexibility index (Phi) is 5.27. The number of amides is 2. The Morgan fingerprint density at radius 1 is 0.897 bits per heavy atom. The van der Waals surface area contributed by atoms with Gasteiger partial charge in [-0.3, -0.25) is 0 Å². The lowest BCUT2D eigenvalue weighted by molar-refractivity contribution is 0.262. The number of nitrogens with one attached hydrogen (secondary N) is 2. The molecule has 0 bridgehead atoms. The first-order chi connectivity index (χ1) is 14.1. The fraction of sp³-hybridized carbons (Fsp3) is 0. The van der Waals surface area contributed by atoms with Crippen LogP contribution in [0.4, 0.5) is 20.6 Å². The molecule has 0 aliphatic heterocycles. The average Bonchev–Trinajstić information content (AvgIpc) is 3.22. The number of hydrogen-bond acceptors (Lipinski definition) is 3. The molecule has 0 aliphatic rings. The fourth-order valence-electron chi connectivity index (χ4n) is 2.71. The molecule has 0 radical (unpaired) electrons. The van der Waals surface area contributed by atoms with E-state index in [2.05, 4.69) is 15.6 Å². The van der Waals surface area contributed by atoms with Gasteiger partial charge in [-0.05, 0) is 42.5 Å². The molecule has 5 nitrogen and oxygen atoms in total. The van der Waals surface area contributed by atoms with E-state index >= 15 is 0 Å². The van der Waals surface area contributed by atoms with Crippen LogP contribution in [-0.2, 0) is 0 Å². The SMILES string of the molecule is O=C(Nc1ccc(-c2nc(-c3ccccc3)co2)cc1)Nc1ccc(F)c(Cl)c1. The van der Waals surface area contributed by atoms with Crippen molar-refractivity contribution in [1.82, 2.24) is 4.98 Å². The molecule has 0 unspecified atom stereocenters. The van der Waals surface area contributed by atoms with Crippen molar-refractivity contribution in [3.8, 4) is 22.7 Å². The van der Waals surface area contributed by atoms with Gasteiger partial charge in [-0.2, -0.15) is 0 Å². The topological polar surface area (TPSA) is 67.2 Å². The first-order valence-corrected chi connectivity index (χ1v) is 9.11. The lowest BCUT2D eigenvalue weighted by atomic mass is 10.2.